The number of ether oxygens (including phenoxy) is 1. The van der Waals surface area contributed by atoms with Gasteiger partial charge in [0, 0.05) is 6.92 Å². The van der Waals surface area contributed by atoms with Gasteiger partial charge in [0.2, 0.25) is 5.91 Å². The number of rotatable bonds is 6. The van der Waals surface area contributed by atoms with Gasteiger partial charge in [-0.1, -0.05) is 4.89 Å². The number of nitrogens with one attached hydrogen (secondary N) is 2. The van der Waals surface area contributed by atoms with Gasteiger partial charge in [0.05, 0.1) is 24.3 Å². The molecule has 0 saturated carbocycles. The number of benzene rings is 1. The van der Waals surface area contributed by atoms with E-state index in [9.17, 15) is 13.2 Å². The molecule has 0 atom stereocenters. The topological polar surface area (TPSA) is 93.7 Å². The summed E-state index contributed by atoms with van der Waals surface area (Å²) in [6.45, 7) is 3.17. The molecule has 0 radical (unpaired) electrons. The van der Waals surface area contributed by atoms with Gasteiger partial charge in [-0.3, -0.25) is 9.63 Å². The molecule has 0 unspecified atom stereocenters. The maximum atomic E-state index is 11.8. The first-order valence-electron chi connectivity index (χ1n) is 5.50. The van der Waals surface area contributed by atoms with Gasteiger partial charge in [-0.2, -0.15) is 0 Å². The maximum Gasteiger partial charge on any atom is 0.262 e. The standard InChI is InChI=1S/C11H16N2O5S/c1-4-18-13-19(15,16)9-5-6-11(17-3)10(7-9)12-8(2)14/h5-7,13H,4H2,1-3H3,(H,12,14). The predicted octanol–water partition coefficient (Wildman–Crippen LogP) is 0.883. The molecule has 2 N–H and O–H groups in total. The van der Waals surface area contributed by atoms with Gasteiger partial charge in [-0.25, -0.2) is 8.42 Å². The van der Waals surface area contributed by atoms with E-state index in [1.165, 1.54) is 32.2 Å². The molecular formula is C11H16N2O5S. The van der Waals surface area contributed by atoms with Crippen LogP contribution in [0.2, 0.25) is 0 Å². The lowest BCUT2D eigenvalue weighted by Crippen LogP contribution is -2.24. The molecule has 8 heteroatoms. The maximum absolute atomic E-state index is 11.8. The van der Waals surface area contributed by atoms with E-state index >= 15 is 0 Å². The number of amides is 1. The van der Waals surface area contributed by atoms with Gasteiger partial charge in [0.15, 0.2) is 0 Å². The number of hydrogen-bond donors (Lipinski definition) is 2. The van der Waals surface area contributed by atoms with Crippen LogP contribution in [0.1, 0.15) is 13.8 Å². The van der Waals surface area contributed by atoms with Crippen LogP contribution in [-0.2, 0) is 19.7 Å². The summed E-state index contributed by atoms with van der Waals surface area (Å²) in [7, 11) is -2.36. The van der Waals surface area contributed by atoms with Crippen LogP contribution in [0.25, 0.3) is 0 Å². The van der Waals surface area contributed by atoms with Crippen molar-refractivity contribution in [3.05, 3.63) is 18.2 Å². The Hall–Kier alpha value is -1.64. The second kappa shape index (κ2) is 6.50. The van der Waals surface area contributed by atoms with E-state index in [1.54, 1.807) is 6.92 Å². The summed E-state index contributed by atoms with van der Waals surface area (Å²) in [5.41, 5.74) is 0.273. The van der Waals surface area contributed by atoms with Crippen molar-refractivity contribution in [1.29, 1.82) is 0 Å². The van der Waals surface area contributed by atoms with Gasteiger partial charge >= 0.3 is 0 Å². The van der Waals surface area contributed by atoms with E-state index in [4.69, 9.17) is 4.74 Å². The molecule has 7 nitrogen and oxygen atoms in total. The summed E-state index contributed by atoms with van der Waals surface area (Å²) in [5.74, 6) is 0.0381. The largest absolute Gasteiger partial charge is 0.495 e. The zero-order valence-corrected chi connectivity index (χ0v) is 11.7. The molecule has 0 aliphatic heterocycles. The van der Waals surface area contributed by atoms with Crippen molar-refractivity contribution in [3.8, 4) is 5.75 Å². The molecule has 0 heterocycles. The van der Waals surface area contributed by atoms with Gasteiger partial charge in [-0.15, -0.1) is 0 Å². The second-order valence-corrected chi connectivity index (χ2v) is 5.21. The predicted molar refractivity (Wildman–Crippen MR) is 69.2 cm³/mol. The highest BCUT2D eigenvalue weighted by molar-refractivity contribution is 7.89. The number of sulfonamides is 1. The van der Waals surface area contributed by atoms with Crippen molar-refractivity contribution in [1.82, 2.24) is 4.89 Å². The van der Waals surface area contributed by atoms with Crippen LogP contribution in [0.3, 0.4) is 0 Å². The highest BCUT2D eigenvalue weighted by Gasteiger charge is 2.17. The fraction of sp³-hybridized carbons (Fsp3) is 0.364. The molecule has 0 bridgehead atoms. The van der Waals surface area contributed by atoms with Crippen molar-refractivity contribution in [2.75, 3.05) is 19.0 Å². The summed E-state index contributed by atoms with van der Waals surface area (Å²) in [4.78, 5) is 17.7. The quantitative estimate of drug-likeness (QED) is 0.758. The third-order valence-corrected chi connectivity index (χ3v) is 3.32. The lowest BCUT2D eigenvalue weighted by molar-refractivity contribution is -0.114. The van der Waals surface area contributed by atoms with E-state index in [0.717, 1.165) is 0 Å². The van der Waals surface area contributed by atoms with Gasteiger partial charge < -0.3 is 10.1 Å². The highest BCUT2D eigenvalue weighted by Crippen LogP contribution is 2.27. The minimum atomic E-state index is -3.78. The number of carbonyl (C=O) groups excluding carboxylic acids is 1. The third-order valence-electron chi connectivity index (χ3n) is 2.10. The molecular weight excluding hydrogens is 272 g/mol. The zero-order chi connectivity index (χ0) is 14.5. The fourth-order valence-corrected chi connectivity index (χ4v) is 2.22. The van der Waals surface area contributed by atoms with Crippen LogP contribution in [0.4, 0.5) is 5.69 Å². The summed E-state index contributed by atoms with van der Waals surface area (Å²) >= 11 is 0. The normalized spacial score (nSPS) is 11.1. The molecule has 0 aromatic heterocycles. The first kappa shape index (κ1) is 15.4. The highest BCUT2D eigenvalue weighted by atomic mass is 32.2. The SMILES string of the molecule is CCONS(=O)(=O)c1ccc(OC)c(NC(C)=O)c1. The Morgan fingerprint density at radius 2 is 2.05 bits per heavy atom. The molecule has 1 aromatic rings. The van der Waals surface area contributed by atoms with Crippen molar-refractivity contribution in [2.45, 2.75) is 18.7 Å². The van der Waals surface area contributed by atoms with Crippen LogP contribution < -0.4 is 14.9 Å². The van der Waals surface area contributed by atoms with Crippen LogP contribution >= 0.6 is 0 Å². The molecule has 0 aliphatic carbocycles. The first-order valence-corrected chi connectivity index (χ1v) is 6.98. The molecule has 0 spiro atoms. The van der Waals surface area contributed by atoms with E-state index in [0.29, 0.717) is 5.75 Å². The Labute approximate surface area is 111 Å². The van der Waals surface area contributed by atoms with Gasteiger partial charge in [0.25, 0.3) is 10.0 Å². The molecule has 1 aromatic carbocycles. The fourth-order valence-electron chi connectivity index (χ4n) is 1.33. The Kier molecular flexibility index (Phi) is 5.28. The summed E-state index contributed by atoms with van der Waals surface area (Å²) < 4.78 is 28.7. The average molecular weight is 288 g/mol. The Morgan fingerprint density at radius 1 is 1.37 bits per heavy atom. The van der Waals surface area contributed by atoms with E-state index in [2.05, 4.69) is 10.2 Å². The van der Waals surface area contributed by atoms with Crippen molar-refractivity contribution in [3.63, 3.8) is 0 Å². The molecule has 1 amide bonds. The molecule has 106 valence electrons. The van der Waals surface area contributed by atoms with E-state index in [1.807, 2.05) is 4.89 Å². The lowest BCUT2D eigenvalue weighted by atomic mass is 10.3. The number of carbonyl (C=O) groups is 1. The van der Waals surface area contributed by atoms with Crippen molar-refractivity contribution >= 4 is 21.6 Å². The average Bonchev–Trinajstić information content (AvgIpc) is 2.35. The van der Waals surface area contributed by atoms with Gasteiger partial charge in [-0.05, 0) is 25.1 Å². The summed E-state index contributed by atoms with van der Waals surface area (Å²) in [5, 5.41) is 2.50. The lowest BCUT2D eigenvalue weighted by Gasteiger charge is -2.11. The van der Waals surface area contributed by atoms with Crippen LogP contribution in [-0.4, -0.2) is 28.0 Å². The summed E-state index contributed by atoms with van der Waals surface area (Å²) in [6, 6.07) is 4.10. The second-order valence-electron chi connectivity index (χ2n) is 3.56. The van der Waals surface area contributed by atoms with Crippen molar-refractivity contribution in [2.24, 2.45) is 0 Å². The monoisotopic (exact) mass is 288 g/mol. The van der Waals surface area contributed by atoms with E-state index in [-0.39, 0.29) is 23.1 Å². The van der Waals surface area contributed by atoms with Crippen LogP contribution in [0.15, 0.2) is 23.1 Å². The Balaban J connectivity index is 3.13. The first-order chi connectivity index (χ1) is 8.90. The molecule has 0 aliphatic rings. The Bertz CT molecular complexity index is 556. The van der Waals surface area contributed by atoms with E-state index < -0.39 is 10.0 Å². The molecule has 0 saturated heterocycles. The molecule has 0 fully saturated rings. The van der Waals surface area contributed by atoms with Crippen LogP contribution in [0, 0.1) is 0 Å². The minimum absolute atomic E-state index is 0.0366. The van der Waals surface area contributed by atoms with Gasteiger partial charge in [0.1, 0.15) is 5.75 Å². The Morgan fingerprint density at radius 3 is 2.58 bits per heavy atom. The zero-order valence-electron chi connectivity index (χ0n) is 10.9. The number of anilines is 1. The summed E-state index contributed by atoms with van der Waals surface area (Å²) in [6.07, 6.45) is 0. The molecule has 1 rings (SSSR count). The minimum Gasteiger partial charge on any atom is -0.495 e. The molecule has 19 heavy (non-hydrogen) atoms. The third kappa shape index (κ3) is 4.19. The van der Waals surface area contributed by atoms with Crippen LogP contribution in [0.5, 0.6) is 5.75 Å². The smallest absolute Gasteiger partial charge is 0.262 e. The van der Waals surface area contributed by atoms with Crippen molar-refractivity contribution < 1.29 is 22.8 Å². The number of methoxy groups -OCH3 is 1. The number of hydrogen-bond acceptors (Lipinski definition) is 5.